The smallest absolute Gasteiger partial charge is 0.243 e. The number of para-hydroxylation sites is 1. The molecule has 1 unspecified atom stereocenters. The second-order valence-corrected chi connectivity index (χ2v) is 10.5. The van der Waals surface area contributed by atoms with Gasteiger partial charge in [-0.3, -0.25) is 19.8 Å². The maximum atomic E-state index is 13.1. The van der Waals surface area contributed by atoms with Gasteiger partial charge in [-0.15, -0.1) is 11.3 Å². The Morgan fingerprint density at radius 3 is 2.66 bits per heavy atom. The number of rotatable bonds is 11. The van der Waals surface area contributed by atoms with Crippen molar-refractivity contribution in [1.82, 2.24) is 15.5 Å². The molecule has 2 atom stereocenters. The fourth-order valence-corrected chi connectivity index (χ4v) is 5.25. The van der Waals surface area contributed by atoms with E-state index in [2.05, 4.69) is 10.6 Å². The maximum absolute atomic E-state index is 13.1. The summed E-state index contributed by atoms with van der Waals surface area (Å²) in [5.74, 6) is -1.39. The van der Waals surface area contributed by atoms with Gasteiger partial charge < -0.3 is 35.5 Å². The summed E-state index contributed by atoms with van der Waals surface area (Å²) in [5, 5.41) is 14.8. The summed E-state index contributed by atoms with van der Waals surface area (Å²) in [6.45, 7) is 3.15. The molecule has 2 aliphatic rings. The monoisotopic (exact) mass is 543 g/mol. The predicted molar refractivity (Wildman–Crippen MR) is 141 cm³/mol. The number of hydrogen-bond donors (Lipinski definition) is 4. The van der Waals surface area contributed by atoms with Gasteiger partial charge >= 0.3 is 0 Å². The van der Waals surface area contributed by atoms with Crippen LogP contribution in [0.3, 0.4) is 0 Å². The second kappa shape index (κ2) is 12.4. The Morgan fingerprint density at radius 2 is 1.97 bits per heavy atom. The van der Waals surface area contributed by atoms with Crippen LogP contribution in [0, 0.1) is 11.3 Å². The molecular weight excluding hydrogens is 510 g/mol. The molecule has 0 aliphatic carbocycles. The number of carbonyl (C=O) groups is 3. The van der Waals surface area contributed by atoms with Crippen molar-refractivity contribution in [1.29, 1.82) is 5.41 Å². The lowest BCUT2D eigenvalue weighted by molar-refractivity contribution is -0.152. The first-order valence-corrected chi connectivity index (χ1v) is 13.3. The van der Waals surface area contributed by atoms with Gasteiger partial charge in [-0.1, -0.05) is 25.1 Å². The molecule has 0 bridgehead atoms. The zero-order valence-corrected chi connectivity index (χ0v) is 22.1. The van der Waals surface area contributed by atoms with Crippen molar-refractivity contribution in [2.75, 3.05) is 32.9 Å². The summed E-state index contributed by atoms with van der Waals surface area (Å²) >= 11 is 1.38. The Balaban J connectivity index is 1.29. The van der Waals surface area contributed by atoms with E-state index in [1.807, 2.05) is 37.3 Å². The van der Waals surface area contributed by atoms with Crippen molar-refractivity contribution in [3.05, 3.63) is 52.2 Å². The predicted octanol–water partition coefficient (Wildman–Crippen LogP) is 1.21. The minimum Gasteiger partial charge on any atom is -0.493 e. The van der Waals surface area contributed by atoms with Crippen LogP contribution in [0.25, 0.3) is 0 Å². The highest BCUT2D eigenvalue weighted by atomic mass is 32.1. The first-order valence-electron chi connectivity index (χ1n) is 12.5. The molecule has 1 spiro atoms. The number of ether oxygens (including phenoxy) is 3. The SMILES string of the molecule is CC(COc1ccccc1)CC(=O)NCC(=O)N1CC2(C[C@H]1C(=O)NCc1cc(C(=N)N)cs1)OCCO2. The third kappa shape index (κ3) is 7.09. The van der Waals surface area contributed by atoms with Crippen LogP contribution >= 0.6 is 11.3 Å². The van der Waals surface area contributed by atoms with Crippen LogP contribution in [0.4, 0.5) is 0 Å². The summed E-state index contributed by atoms with van der Waals surface area (Å²) < 4.78 is 17.2. The Kier molecular flexibility index (Phi) is 8.97. The van der Waals surface area contributed by atoms with E-state index in [4.69, 9.17) is 25.4 Å². The van der Waals surface area contributed by atoms with E-state index in [0.29, 0.717) is 25.4 Å². The number of thiophene rings is 1. The molecule has 0 saturated carbocycles. The summed E-state index contributed by atoms with van der Waals surface area (Å²) in [6.07, 6.45) is 0.402. The van der Waals surface area contributed by atoms with E-state index >= 15 is 0 Å². The first kappa shape index (κ1) is 27.6. The lowest BCUT2D eigenvalue weighted by Crippen LogP contribution is -2.49. The normalized spacial score (nSPS) is 18.8. The number of carbonyl (C=O) groups excluding carboxylic acids is 3. The number of nitrogens with one attached hydrogen (secondary N) is 3. The van der Waals surface area contributed by atoms with Gasteiger partial charge in [-0.05, 0) is 24.1 Å². The van der Waals surface area contributed by atoms with Crippen molar-refractivity contribution in [3.63, 3.8) is 0 Å². The van der Waals surface area contributed by atoms with E-state index in [9.17, 15) is 14.4 Å². The number of nitrogens with two attached hydrogens (primary N) is 1. The standard InChI is InChI=1S/C26H33N5O6S/c1-17(14-35-19-5-3-2-4-6-19)9-22(32)29-13-23(33)31-16-26(36-7-8-37-26)11-21(31)25(34)30-12-20-10-18(15-38-20)24(27)28/h2-6,10,15,17,21H,7-9,11-14,16H2,1H3,(H3,27,28)(H,29,32)(H,30,34)/t17?,21-/m0/s1. The fourth-order valence-electron chi connectivity index (χ4n) is 4.43. The van der Waals surface area contributed by atoms with Gasteiger partial charge in [0, 0.05) is 28.7 Å². The number of nitrogen functional groups attached to an aromatic ring is 1. The Bertz CT molecular complexity index is 1150. The van der Waals surface area contributed by atoms with Crippen molar-refractivity contribution in [2.24, 2.45) is 11.7 Å². The molecule has 38 heavy (non-hydrogen) atoms. The van der Waals surface area contributed by atoms with Crippen LogP contribution in [-0.4, -0.2) is 73.2 Å². The Labute approximate surface area is 225 Å². The van der Waals surface area contributed by atoms with E-state index in [1.165, 1.54) is 16.2 Å². The van der Waals surface area contributed by atoms with Gasteiger partial charge in [-0.2, -0.15) is 0 Å². The van der Waals surface area contributed by atoms with Crippen LogP contribution in [-0.2, 0) is 30.4 Å². The molecular formula is C26H33N5O6S. The quantitative estimate of drug-likeness (QED) is 0.245. The minimum atomic E-state index is -1.02. The molecule has 1 aromatic heterocycles. The molecule has 5 N–H and O–H groups in total. The van der Waals surface area contributed by atoms with Gasteiger partial charge in [0.15, 0.2) is 5.79 Å². The highest BCUT2D eigenvalue weighted by molar-refractivity contribution is 7.10. The first-order chi connectivity index (χ1) is 18.2. The van der Waals surface area contributed by atoms with Crippen molar-refractivity contribution < 1.29 is 28.6 Å². The van der Waals surface area contributed by atoms with Crippen LogP contribution in [0.2, 0.25) is 0 Å². The molecule has 2 fully saturated rings. The van der Waals surface area contributed by atoms with Gasteiger partial charge in [0.25, 0.3) is 0 Å². The third-order valence-electron chi connectivity index (χ3n) is 6.38. The van der Waals surface area contributed by atoms with Crippen LogP contribution in [0.1, 0.15) is 30.2 Å². The Hall–Kier alpha value is -3.48. The number of benzene rings is 1. The molecule has 2 aromatic rings. The van der Waals surface area contributed by atoms with Crippen molar-refractivity contribution in [2.45, 2.75) is 38.1 Å². The van der Waals surface area contributed by atoms with Crippen molar-refractivity contribution in [3.8, 4) is 5.75 Å². The molecule has 4 rings (SSSR count). The largest absolute Gasteiger partial charge is 0.493 e. The summed E-state index contributed by atoms with van der Waals surface area (Å²) in [7, 11) is 0. The molecule has 3 heterocycles. The maximum Gasteiger partial charge on any atom is 0.243 e. The zero-order chi connectivity index (χ0) is 27.1. The average Bonchev–Trinajstić information content (AvgIpc) is 3.66. The van der Waals surface area contributed by atoms with Crippen LogP contribution < -0.4 is 21.1 Å². The number of likely N-dealkylation sites (tertiary alicyclic amines) is 1. The topological polar surface area (TPSA) is 156 Å². The van der Waals surface area contributed by atoms with Gasteiger partial charge in [0.05, 0.1) is 39.5 Å². The van der Waals surface area contributed by atoms with E-state index in [-0.39, 0.29) is 56.0 Å². The van der Waals surface area contributed by atoms with Gasteiger partial charge in [0.2, 0.25) is 17.7 Å². The zero-order valence-electron chi connectivity index (χ0n) is 21.2. The number of amidine groups is 1. The molecule has 11 nitrogen and oxygen atoms in total. The fraction of sp³-hybridized carbons (Fsp3) is 0.462. The summed E-state index contributed by atoms with van der Waals surface area (Å²) in [4.78, 5) is 40.9. The van der Waals surface area contributed by atoms with Crippen molar-refractivity contribution >= 4 is 34.9 Å². The van der Waals surface area contributed by atoms with Gasteiger partial charge in [0.1, 0.15) is 17.6 Å². The van der Waals surface area contributed by atoms with E-state index in [1.54, 1.807) is 11.4 Å². The van der Waals surface area contributed by atoms with Crippen LogP contribution in [0.5, 0.6) is 5.75 Å². The summed E-state index contributed by atoms with van der Waals surface area (Å²) in [5.41, 5.74) is 6.11. The average molecular weight is 544 g/mol. The highest BCUT2D eigenvalue weighted by Crippen LogP contribution is 2.35. The van der Waals surface area contributed by atoms with E-state index in [0.717, 1.165) is 10.6 Å². The molecule has 1 aromatic carbocycles. The molecule has 0 radical (unpaired) electrons. The number of hydrogen-bond acceptors (Lipinski definition) is 8. The molecule has 3 amide bonds. The lowest BCUT2D eigenvalue weighted by atomic mass is 10.1. The molecule has 2 saturated heterocycles. The Morgan fingerprint density at radius 1 is 1.24 bits per heavy atom. The number of nitrogens with zero attached hydrogens (tertiary/aromatic N) is 1. The molecule has 2 aliphatic heterocycles. The summed E-state index contributed by atoms with van der Waals surface area (Å²) in [6, 6.07) is 10.3. The lowest BCUT2D eigenvalue weighted by Gasteiger charge is -2.24. The van der Waals surface area contributed by atoms with Crippen LogP contribution in [0.15, 0.2) is 41.8 Å². The third-order valence-corrected chi connectivity index (χ3v) is 7.32. The minimum absolute atomic E-state index is 0.0379. The molecule has 204 valence electrons. The van der Waals surface area contributed by atoms with E-state index < -0.39 is 17.7 Å². The number of amides is 3. The highest BCUT2D eigenvalue weighted by Gasteiger charge is 2.52. The molecule has 12 heteroatoms. The second-order valence-electron chi connectivity index (χ2n) is 9.49. The van der Waals surface area contributed by atoms with Gasteiger partial charge in [-0.25, -0.2) is 0 Å².